The number of H-pyrrole nitrogens is 1. The van der Waals surface area contributed by atoms with Crippen molar-refractivity contribution < 1.29 is 9.53 Å². The summed E-state index contributed by atoms with van der Waals surface area (Å²) in [5.41, 5.74) is 2.81. The number of hydrogen-bond acceptors (Lipinski definition) is 6. The third-order valence-electron chi connectivity index (χ3n) is 4.13. The van der Waals surface area contributed by atoms with Gasteiger partial charge in [-0.1, -0.05) is 23.7 Å². The molecule has 0 saturated carbocycles. The maximum absolute atomic E-state index is 11.5. The van der Waals surface area contributed by atoms with Crippen LogP contribution < -0.4 is 5.32 Å². The van der Waals surface area contributed by atoms with Gasteiger partial charge in [0.05, 0.1) is 35.1 Å². The Morgan fingerprint density at radius 3 is 2.74 bits per heavy atom. The van der Waals surface area contributed by atoms with Crippen LogP contribution in [0.3, 0.4) is 0 Å². The number of aromatic amines is 1. The molecule has 2 aromatic heterocycles. The molecule has 27 heavy (non-hydrogen) atoms. The fraction of sp³-hybridized carbons (Fsp3) is 0.111. The van der Waals surface area contributed by atoms with Gasteiger partial charge in [-0.2, -0.15) is 10.1 Å². The lowest BCUT2D eigenvalue weighted by Crippen LogP contribution is -2.00. The quantitative estimate of drug-likeness (QED) is 0.524. The summed E-state index contributed by atoms with van der Waals surface area (Å²) >= 11 is 6.45. The molecule has 0 fully saturated rings. The predicted octanol–water partition coefficient (Wildman–Crippen LogP) is 3.54. The van der Waals surface area contributed by atoms with E-state index in [1.165, 1.54) is 7.11 Å². The molecule has 0 unspecified atom stereocenters. The van der Waals surface area contributed by atoms with E-state index in [1.807, 2.05) is 12.1 Å². The number of halogens is 1. The van der Waals surface area contributed by atoms with Crippen molar-refractivity contribution in [1.82, 2.24) is 25.0 Å². The summed E-state index contributed by atoms with van der Waals surface area (Å²) in [6.45, 7) is 0. The van der Waals surface area contributed by atoms with Crippen LogP contribution in [-0.2, 0) is 11.8 Å². The summed E-state index contributed by atoms with van der Waals surface area (Å²) in [5, 5.41) is 15.9. The van der Waals surface area contributed by atoms with Crippen LogP contribution in [0.25, 0.3) is 22.3 Å². The average molecular weight is 383 g/mol. The van der Waals surface area contributed by atoms with Crippen LogP contribution in [0.4, 0.5) is 11.6 Å². The van der Waals surface area contributed by atoms with Crippen LogP contribution in [0.5, 0.6) is 0 Å². The molecule has 0 aliphatic heterocycles. The Kier molecular flexibility index (Phi) is 4.25. The number of hydrogen-bond donors (Lipinski definition) is 2. The molecule has 0 radical (unpaired) electrons. The Balaban J connectivity index is 1.63. The summed E-state index contributed by atoms with van der Waals surface area (Å²) in [6, 6.07) is 10.6. The fourth-order valence-electron chi connectivity index (χ4n) is 2.69. The van der Waals surface area contributed by atoms with Crippen molar-refractivity contribution in [2.75, 3.05) is 12.4 Å². The number of carbonyl (C=O) groups is 1. The topological polar surface area (TPSA) is 97.7 Å². The Hall–Kier alpha value is -3.39. The minimum atomic E-state index is -0.387. The second kappa shape index (κ2) is 6.73. The Labute approximate surface area is 159 Å². The van der Waals surface area contributed by atoms with Gasteiger partial charge in [-0.3, -0.25) is 5.10 Å². The molecule has 2 heterocycles. The smallest absolute Gasteiger partial charge is 0.337 e. The van der Waals surface area contributed by atoms with Gasteiger partial charge in [-0.25, -0.2) is 9.48 Å². The number of ether oxygens (including phenoxy) is 1. The normalized spacial score (nSPS) is 10.9. The Morgan fingerprint density at radius 1 is 1.22 bits per heavy atom. The van der Waals surface area contributed by atoms with Crippen LogP contribution in [0.2, 0.25) is 5.02 Å². The van der Waals surface area contributed by atoms with Crippen molar-refractivity contribution in [3.63, 3.8) is 0 Å². The molecule has 0 amide bonds. The lowest BCUT2D eigenvalue weighted by atomic mass is 10.1. The zero-order chi connectivity index (χ0) is 19.0. The molecule has 2 N–H and O–H groups in total. The molecule has 4 aromatic rings. The van der Waals surface area contributed by atoms with Crippen LogP contribution in [0.15, 0.2) is 42.6 Å². The second-order valence-corrected chi connectivity index (χ2v) is 6.21. The van der Waals surface area contributed by atoms with E-state index in [1.54, 1.807) is 42.2 Å². The molecule has 9 heteroatoms. The first kappa shape index (κ1) is 17.0. The van der Waals surface area contributed by atoms with E-state index in [4.69, 9.17) is 16.3 Å². The number of fused-ring (bicyclic) bond motifs is 1. The maximum Gasteiger partial charge on any atom is 0.337 e. The number of rotatable bonds is 4. The molecular weight excluding hydrogens is 368 g/mol. The highest BCUT2D eigenvalue weighted by atomic mass is 35.5. The van der Waals surface area contributed by atoms with Gasteiger partial charge >= 0.3 is 5.97 Å². The molecule has 4 rings (SSSR count). The molecule has 8 nitrogen and oxygen atoms in total. The number of aryl methyl sites for hydroxylation is 1. The van der Waals surface area contributed by atoms with E-state index >= 15 is 0 Å². The molecule has 2 aromatic carbocycles. The van der Waals surface area contributed by atoms with Gasteiger partial charge in [0.15, 0.2) is 5.82 Å². The highest BCUT2D eigenvalue weighted by Crippen LogP contribution is 2.32. The zero-order valence-corrected chi connectivity index (χ0v) is 15.3. The fourth-order valence-corrected chi connectivity index (χ4v) is 2.95. The highest BCUT2D eigenvalue weighted by Gasteiger charge is 2.13. The molecule has 0 spiro atoms. The van der Waals surface area contributed by atoms with E-state index in [9.17, 15) is 4.79 Å². The largest absolute Gasteiger partial charge is 0.465 e. The summed E-state index contributed by atoms with van der Waals surface area (Å²) < 4.78 is 6.33. The van der Waals surface area contributed by atoms with Gasteiger partial charge in [0.25, 0.3) is 0 Å². The lowest BCUT2D eigenvalue weighted by molar-refractivity contribution is 0.0601. The zero-order valence-electron chi connectivity index (χ0n) is 14.5. The average Bonchev–Trinajstić information content (AvgIpc) is 3.31. The van der Waals surface area contributed by atoms with Crippen molar-refractivity contribution in [3.8, 4) is 11.4 Å². The Bertz CT molecular complexity index is 1130. The number of esters is 1. The van der Waals surface area contributed by atoms with Gasteiger partial charge in [0, 0.05) is 18.0 Å². The molecule has 0 aliphatic rings. The van der Waals surface area contributed by atoms with E-state index in [0.717, 1.165) is 16.5 Å². The number of benzene rings is 2. The minimum Gasteiger partial charge on any atom is -0.465 e. The number of anilines is 2. The van der Waals surface area contributed by atoms with E-state index < -0.39 is 0 Å². The number of methoxy groups -OCH3 is 1. The van der Waals surface area contributed by atoms with E-state index in [2.05, 4.69) is 25.6 Å². The molecule has 136 valence electrons. The third kappa shape index (κ3) is 3.11. The van der Waals surface area contributed by atoms with Gasteiger partial charge < -0.3 is 10.1 Å². The van der Waals surface area contributed by atoms with Crippen LogP contribution >= 0.6 is 11.6 Å². The first-order valence-corrected chi connectivity index (χ1v) is 8.43. The first-order chi connectivity index (χ1) is 13.1. The third-order valence-corrected chi connectivity index (χ3v) is 4.54. The van der Waals surface area contributed by atoms with Crippen molar-refractivity contribution in [2.24, 2.45) is 7.05 Å². The maximum atomic E-state index is 11.5. The molecule has 0 saturated heterocycles. The summed E-state index contributed by atoms with van der Waals surface area (Å²) in [6.07, 6.45) is 1.67. The van der Waals surface area contributed by atoms with Gasteiger partial charge in [0.1, 0.15) is 0 Å². The number of aromatic nitrogens is 5. The monoisotopic (exact) mass is 382 g/mol. The van der Waals surface area contributed by atoms with Crippen molar-refractivity contribution in [3.05, 3.63) is 53.2 Å². The van der Waals surface area contributed by atoms with Crippen LogP contribution in [0.1, 0.15) is 10.4 Å². The molecule has 0 bridgehead atoms. The molecule has 0 aliphatic carbocycles. The lowest BCUT2D eigenvalue weighted by Gasteiger charge is -2.07. The summed E-state index contributed by atoms with van der Waals surface area (Å²) in [4.78, 5) is 16.1. The van der Waals surface area contributed by atoms with Gasteiger partial charge in [0.2, 0.25) is 5.95 Å². The van der Waals surface area contributed by atoms with Crippen molar-refractivity contribution in [1.29, 1.82) is 0 Å². The predicted molar refractivity (Wildman–Crippen MR) is 102 cm³/mol. The minimum absolute atomic E-state index is 0.387. The number of nitrogens with one attached hydrogen (secondary N) is 2. The van der Waals surface area contributed by atoms with Crippen LogP contribution in [-0.4, -0.2) is 38.0 Å². The highest BCUT2D eigenvalue weighted by molar-refractivity contribution is 6.38. The standard InChI is InChI=1S/C18H15ClN6O2/c1-25-18(21-14-8-7-13-12(15(14)19)9-20-23-13)22-16(24-25)10-3-5-11(6-4-10)17(26)27-2/h3-9H,1-2H3,(H,20,23)(H,21,22,24). The van der Waals surface area contributed by atoms with Gasteiger partial charge in [-0.05, 0) is 24.3 Å². The second-order valence-electron chi connectivity index (χ2n) is 5.83. The van der Waals surface area contributed by atoms with E-state index in [-0.39, 0.29) is 5.97 Å². The van der Waals surface area contributed by atoms with Crippen LogP contribution in [0, 0.1) is 0 Å². The first-order valence-electron chi connectivity index (χ1n) is 8.05. The van der Waals surface area contributed by atoms with Crippen molar-refractivity contribution >= 4 is 40.1 Å². The molecular formula is C18H15ClN6O2. The van der Waals surface area contributed by atoms with E-state index in [0.29, 0.717) is 28.0 Å². The molecule has 0 atom stereocenters. The SMILES string of the molecule is COC(=O)c1ccc(-c2nc(Nc3ccc4[nH]ncc4c3Cl)n(C)n2)cc1. The van der Waals surface area contributed by atoms with Crippen molar-refractivity contribution in [2.45, 2.75) is 0 Å². The number of carbonyl (C=O) groups excluding carboxylic acids is 1. The number of nitrogens with zero attached hydrogens (tertiary/aromatic N) is 4. The Morgan fingerprint density at radius 2 is 2.00 bits per heavy atom. The summed E-state index contributed by atoms with van der Waals surface area (Å²) in [5.74, 6) is 0.672. The summed E-state index contributed by atoms with van der Waals surface area (Å²) in [7, 11) is 3.13. The van der Waals surface area contributed by atoms with Gasteiger partial charge in [-0.15, -0.1) is 5.10 Å².